The monoisotopic (exact) mass is 236 g/mol. The lowest BCUT2D eigenvalue weighted by Gasteiger charge is -2.27. The van der Waals surface area contributed by atoms with Gasteiger partial charge in [0.15, 0.2) is 0 Å². The fourth-order valence-corrected chi connectivity index (χ4v) is 2.38. The van der Waals surface area contributed by atoms with Crippen LogP contribution in [0.2, 0.25) is 0 Å². The summed E-state index contributed by atoms with van der Waals surface area (Å²) in [5.74, 6) is -0.164. The van der Waals surface area contributed by atoms with Crippen LogP contribution in [0.5, 0.6) is 0 Å². The van der Waals surface area contributed by atoms with E-state index in [0.29, 0.717) is 11.5 Å². The molecule has 0 spiro atoms. The first-order valence-corrected chi connectivity index (χ1v) is 6.07. The normalized spacial score (nSPS) is 24.4. The fourth-order valence-electron chi connectivity index (χ4n) is 2.38. The van der Waals surface area contributed by atoms with E-state index in [9.17, 15) is 9.18 Å². The second-order valence-electron chi connectivity index (χ2n) is 4.81. The Morgan fingerprint density at radius 3 is 3.06 bits per heavy atom. The molecule has 1 amide bonds. The Labute approximate surface area is 100 Å². The lowest BCUT2D eigenvalue weighted by molar-refractivity contribution is 0.0920. The van der Waals surface area contributed by atoms with Crippen LogP contribution in [0, 0.1) is 11.9 Å². The highest BCUT2D eigenvalue weighted by Gasteiger charge is 2.20. The molecule has 1 aromatic heterocycles. The van der Waals surface area contributed by atoms with Crippen LogP contribution in [0.4, 0.5) is 4.39 Å². The number of pyridine rings is 1. The quantitative estimate of drug-likeness (QED) is 0.802. The zero-order valence-corrected chi connectivity index (χ0v) is 9.95. The number of rotatable bonds is 2. The van der Waals surface area contributed by atoms with Gasteiger partial charge in [-0.1, -0.05) is 19.8 Å². The first-order valence-electron chi connectivity index (χ1n) is 6.07. The van der Waals surface area contributed by atoms with Crippen LogP contribution in [-0.4, -0.2) is 16.9 Å². The summed E-state index contributed by atoms with van der Waals surface area (Å²) in [7, 11) is 0. The smallest absolute Gasteiger partial charge is 0.251 e. The number of amides is 1. The summed E-state index contributed by atoms with van der Waals surface area (Å²) in [6, 6.07) is 2.93. The molecule has 17 heavy (non-hydrogen) atoms. The number of hydrogen-bond acceptors (Lipinski definition) is 2. The molecule has 92 valence electrons. The molecule has 0 bridgehead atoms. The molecule has 3 nitrogen and oxygen atoms in total. The predicted octanol–water partition coefficient (Wildman–Crippen LogP) is 2.53. The second-order valence-corrected chi connectivity index (χ2v) is 4.81. The summed E-state index contributed by atoms with van der Waals surface area (Å²) in [4.78, 5) is 15.3. The second kappa shape index (κ2) is 5.25. The third kappa shape index (κ3) is 3.25. The summed E-state index contributed by atoms with van der Waals surface area (Å²) >= 11 is 0. The van der Waals surface area contributed by atoms with Crippen molar-refractivity contribution in [1.29, 1.82) is 0 Å². The topological polar surface area (TPSA) is 42.0 Å². The highest BCUT2D eigenvalue weighted by atomic mass is 19.1. The largest absolute Gasteiger partial charge is 0.349 e. The highest BCUT2D eigenvalue weighted by molar-refractivity contribution is 5.94. The summed E-state index contributed by atoms with van der Waals surface area (Å²) in [5, 5.41) is 2.96. The first kappa shape index (κ1) is 12.0. The molecule has 0 aliphatic heterocycles. The van der Waals surface area contributed by atoms with Gasteiger partial charge in [0.25, 0.3) is 5.91 Å². The summed E-state index contributed by atoms with van der Waals surface area (Å²) < 4.78 is 12.9. The Balaban J connectivity index is 1.97. The van der Waals surface area contributed by atoms with Gasteiger partial charge in [-0.15, -0.1) is 0 Å². The molecule has 1 aliphatic rings. The summed E-state index contributed by atoms with van der Waals surface area (Å²) in [5.41, 5.74) is 0.343. The zero-order chi connectivity index (χ0) is 12.3. The van der Waals surface area contributed by atoms with Gasteiger partial charge in [0.2, 0.25) is 5.95 Å². The molecule has 2 rings (SSSR count). The van der Waals surface area contributed by atoms with Crippen molar-refractivity contribution in [3.63, 3.8) is 0 Å². The van der Waals surface area contributed by atoms with E-state index >= 15 is 0 Å². The molecule has 0 saturated heterocycles. The first-order chi connectivity index (χ1) is 8.15. The van der Waals surface area contributed by atoms with Gasteiger partial charge in [-0.3, -0.25) is 4.79 Å². The van der Waals surface area contributed by atoms with Gasteiger partial charge in [0.05, 0.1) is 0 Å². The average molecular weight is 236 g/mol. The number of nitrogens with zero attached hydrogens (tertiary/aromatic N) is 1. The molecule has 2 atom stereocenters. The molecule has 4 heteroatoms. The van der Waals surface area contributed by atoms with Crippen molar-refractivity contribution in [2.45, 2.75) is 38.6 Å². The molecule has 0 unspecified atom stereocenters. The van der Waals surface area contributed by atoms with E-state index in [0.717, 1.165) is 19.3 Å². The van der Waals surface area contributed by atoms with Crippen molar-refractivity contribution < 1.29 is 9.18 Å². The third-order valence-corrected chi connectivity index (χ3v) is 3.26. The van der Waals surface area contributed by atoms with Crippen molar-refractivity contribution in [3.05, 3.63) is 29.8 Å². The Bertz CT molecular complexity index is 408. The van der Waals surface area contributed by atoms with Gasteiger partial charge >= 0.3 is 0 Å². The molecule has 1 saturated carbocycles. The lowest BCUT2D eigenvalue weighted by atomic mass is 9.87. The van der Waals surface area contributed by atoms with Crippen molar-refractivity contribution in [2.75, 3.05) is 0 Å². The van der Waals surface area contributed by atoms with Crippen LogP contribution in [0.1, 0.15) is 43.0 Å². The SMILES string of the molecule is C[C@@H]1CCC[C@@H](NC(=O)c2ccnc(F)c2)C1. The third-order valence-electron chi connectivity index (χ3n) is 3.26. The minimum absolute atomic E-state index is 0.203. The summed E-state index contributed by atoms with van der Waals surface area (Å²) in [6.07, 6.45) is 5.73. The minimum atomic E-state index is -0.616. The molecule has 0 aromatic carbocycles. The van der Waals surface area contributed by atoms with Gasteiger partial charge in [-0.25, -0.2) is 4.98 Å². The molecule has 1 fully saturated rings. The maximum absolute atomic E-state index is 12.9. The molecular formula is C13H17FN2O. The van der Waals surface area contributed by atoms with E-state index in [1.54, 1.807) is 0 Å². The summed E-state index contributed by atoms with van der Waals surface area (Å²) in [6.45, 7) is 2.20. The number of carbonyl (C=O) groups is 1. The molecule has 1 aliphatic carbocycles. The Kier molecular flexibility index (Phi) is 3.71. The van der Waals surface area contributed by atoms with Crippen LogP contribution in [0.25, 0.3) is 0 Å². The highest BCUT2D eigenvalue weighted by Crippen LogP contribution is 2.23. The van der Waals surface area contributed by atoms with E-state index in [1.807, 2.05) is 0 Å². The molecule has 1 heterocycles. The molecule has 1 aromatic rings. The Hall–Kier alpha value is -1.45. The van der Waals surface area contributed by atoms with Crippen LogP contribution < -0.4 is 5.32 Å². The van der Waals surface area contributed by atoms with Crippen molar-refractivity contribution in [2.24, 2.45) is 5.92 Å². The number of nitrogens with one attached hydrogen (secondary N) is 1. The van der Waals surface area contributed by atoms with Gasteiger partial charge in [0.1, 0.15) is 0 Å². The van der Waals surface area contributed by atoms with Gasteiger partial charge in [0, 0.05) is 23.9 Å². The molecule has 0 radical (unpaired) electrons. The number of aromatic nitrogens is 1. The number of carbonyl (C=O) groups excluding carboxylic acids is 1. The van der Waals surface area contributed by atoms with Crippen LogP contribution in [-0.2, 0) is 0 Å². The number of hydrogen-bond donors (Lipinski definition) is 1. The van der Waals surface area contributed by atoms with Crippen molar-refractivity contribution >= 4 is 5.91 Å². The van der Waals surface area contributed by atoms with E-state index in [2.05, 4.69) is 17.2 Å². The van der Waals surface area contributed by atoms with Crippen LogP contribution >= 0.6 is 0 Å². The molecule has 1 N–H and O–H groups in total. The van der Waals surface area contributed by atoms with E-state index in [4.69, 9.17) is 0 Å². The van der Waals surface area contributed by atoms with Gasteiger partial charge in [-0.05, 0) is 24.8 Å². The minimum Gasteiger partial charge on any atom is -0.349 e. The maximum Gasteiger partial charge on any atom is 0.251 e. The van der Waals surface area contributed by atoms with E-state index < -0.39 is 5.95 Å². The average Bonchev–Trinajstić information content (AvgIpc) is 2.29. The van der Waals surface area contributed by atoms with Crippen LogP contribution in [0.3, 0.4) is 0 Å². The van der Waals surface area contributed by atoms with E-state index in [-0.39, 0.29) is 11.9 Å². The standard InChI is InChI=1S/C13H17FN2O/c1-9-3-2-4-11(7-9)16-13(17)10-5-6-15-12(14)8-10/h5-6,8-9,11H,2-4,7H2,1H3,(H,16,17)/t9-,11-/m1/s1. The molecular weight excluding hydrogens is 219 g/mol. The maximum atomic E-state index is 12.9. The van der Waals surface area contributed by atoms with E-state index in [1.165, 1.54) is 24.8 Å². The Morgan fingerprint density at radius 2 is 2.35 bits per heavy atom. The van der Waals surface area contributed by atoms with Crippen molar-refractivity contribution in [1.82, 2.24) is 10.3 Å². The van der Waals surface area contributed by atoms with Crippen molar-refractivity contribution in [3.8, 4) is 0 Å². The van der Waals surface area contributed by atoms with Gasteiger partial charge in [-0.2, -0.15) is 4.39 Å². The van der Waals surface area contributed by atoms with Gasteiger partial charge < -0.3 is 5.32 Å². The Morgan fingerprint density at radius 1 is 1.53 bits per heavy atom. The lowest BCUT2D eigenvalue weighted by Crippen LogP contribution is -2.38. The number of halogens is 1. The fraction of sp³-hybridized carbons (Fsp3) is 0.538. The van der Waals surface area contributed by atoms with Crippen LogP contribution in [0.15, 0.2) is 18.3 Å². The predicted molar refractivity (Wildman–Crippen MR) is 63.1 cm³/mol. The zero-order valence-electron chi connectivity index (χ0n) is 9.95.